The van der Waals surface area contributed by atoms with Crippen LogP contribution < -0.4 is 14.5 Å². The number of hydrogen-bond acceptors (Lipinski definition) is 11. The first-order valence-corrected chi connectivity index (χ1v) is 16.9. The summed E-state index contributed by atoms with van der Waals surface area (Å²) in [5.41, 5.74) is 4.12. The normalized spacial score (nSPS) is 16.2. The number of ether oxygens (including phenoxy) is 1. The van der Waals surface area contributed by atoms with Crippen molar-refractivity contribution in [3.05, 3.63) is 54.1 Å². The van der Waals surface area contributed by atoms with Crippen LogP contribution in [0, 0.1) is 17.2 Å². The van der Waals surface area contributed by atoms with Crippen LogP contribution in [0.4, 0.5) is 11.6 Å². The van der Waals surface area contributed by atoms with Gasteiger partial charge in [-0.3, -0.25) is 4.79 Å². The highest BCUT2D eigenvalue weighted by molar-refractivity contribution is 7.89. The van der Waals surface area contributed by atoms with Crippen molar-refractivity contribution < 1.29 is 17.9 Å². The number of carbonyl (C=O) groups excluding carboxylic acids is 1. The van der Waals surface area contributed by atoms with Crippen molar-refractivity contribution in [1.29, 1.82) is 5.26 Å². The van der Waals surface area contributed by atoms with Crippen molar-refractivity contribution in [1.82, 2.24) is 29.5 Å². The highest BCUT2D eigenvalue weighted by Crippen LogP contribution is 2.36. The number of pyridine rings is 1. The number of morpholine rings is 1. The topological polar surface area (TPSA) is 159 Å². The van der Waals surface area contributed by atoms with Gasteiger partial charge >= 0.3 is 0 Å². The predicted molar refractivity (Wildman–Crippen MR) is 170 cm³/mol. The Morgan fingerprint density at radius 1 is 1.04 bits per heavy atom. The molecule has 0 unspecified atom stereocenters. The Balaban J connectivity index is 1.49. The largest absolute Gasteiger partial charge is 0.378 e. The smallest absolute Gasteiger partial charge is 0.283 e. The van der Waals surface area contributed by atoms with Crippen LogP contribution in [0.15, 0.2) is 42.7 Å². The Morgan fingerprint density at radius 3 is 2.38 bits per heavy atom. The fraction of sp³-hybridized carbons (Fsp3) is 0.419. The molecule has 14 heteroatoms. The number of piperidine rings is 1. The highest BCUT2D eigenvalue weighted by Gasteiger charge is 2.26. The third-order valence-corrected chi connectivity index (χ3v) is 8.64. The van der Waals surface area contributed by atoms with E-state index in [1.54, 1.807) is 23.1 Å². The van der Waals surface area contributed by atoms with Crippen LogP contribution in [0.5, 0.6) is 0 Å². The fourth-order valence-corrected chi connectivity index (χ4v) is 6.21. The molecule has 5 heterocycles. The third-order valence-electron chi connectivity index (χ3n) is 8.08. The van der Waals surface area contributed by atoms with Gasteiger partial charge in [0.25, 0.3) is 5.91 Å². The van der Waals surface area contributed by atoms with Crippen LogP contribution in [0.1, 0.15) is 48.8 Å². The minimum Gasteiger partial charge on any atom is -0.378 e. The van der Waals surface area contributed by atoms with E-state index < -0.39 is 15.9 Å². The Morgan fingerprint density at radius 2 is 1.73 bits per heavy atom. The molecule has 0 atom stereocenters. The molecule has 1 aromatic carbocycles. The molecule has 234 valence electrons. The van der Waals surface area contributed by atoms with E-state index in [2.05, 4.69) is 30.8 Å². The van der Waals surface area contributed by atoms with Gasteiger partial charge in [0, 0.05) is 61.3 Å². The van der Waals surface area contributed by atoms with Crippen LogP contribution in [-0.2, 0) is 14.8 Å². The summed E-state index contributed by atoms with van der Waals surface area (Å²) < 4.78 is 33.3. The quantitative estimate of drug-likeness (QED) is 0.320. The van der Waals surface area contributed by atoms with E-state index in [1.807, 2.05) is 42.8 Å². The minimum atomic E-state index is -3.84. The number of nitriles is 1. The molecule has 0 aliphatic carbocycles. The molecule has 2 aliphatic rings. The second-order valence-electron chi connectivity index (χ2n) is 11.7. The van der Waals surface area contributed by atoms with E-state index in [-0.39, 0.29) is 17.5 Å². The first-order chi connectivity index (χ1) is 21.6. The zero-order valence-electron chi connectivity index (χ0n) is 25.5. The number of fused-ring (bicyclic) bond motifs is 1. The average molecular weight is 630 g/mol. The lowest BCUT2D eigenvalue weighted by Crippen LogP contribution is -2.36. The van der Waals surface area contributed by atoms with Crippen LogP contribution in [0.3, 0.4) is 0 Å². The third kappa shape index (κ3) is 6.45. The zero-order chi connectivity index (χ0) is 31.7. The van der Waals surface area contributed by atoms with Gasteiger partial charge in [0.2, 0.25) is 16.0 Å². The summed E-state index contributed by atoms with van der Waals surface area (Å²) in [6.45, 7) is 8.30. The van der Waals surface area contributed by atoms with Gasteiger partial charge in [0.1, 0.15) is 5.69 Å². The molecule has 1 N–H and O–H groups in total. The van der Waals surface area contributed by atoms with E-state index in [9.17, 15) is 18.5 Å². The lowest BCUT2D eigenvalue weighted by molar-refractivity contribution is 0.0977. The maximum atomic E-state index is 13.2. The summed E-state index contributed by atoms with van der Waals surface area (Å²) in [7, 11) is -3.84. The number of carbonyl (C=O) groups is 1. The minimum absolute atomic E-state index is 0.00552. The molecule has 1 amide bonds. The number of nitrogens with one attached hydrogen (secondary N) is 1. The molecule has 0 saturated carbocycles. The molecule has 0 spiro atoms. The number of aromatic nitrogens is 5. The molecule has 6 rings (SSSR count). The molecule has 4 aromatic rings. The maximum absolute atomic E-state index is 13.2. The maximum Gasteiger partial charge on any atom is 0.283 e. The van der Waals surface area contributed by atoms with Gasteiger partial charge < -0.3 is 14.5 Å². The number of rotatable bonds is 7. The van der Waals surface area contributed by atoms with Crippen molar-refractivity contribution in [3.8, 4) is 22.9 Å². The van der Waals surface area contributed by atoms with Gasteiger partial charge in [-0.2, -0.15) is 10.4 Å². The van der Waals surface area contributed by atoms with Crippen LogP contribution in [-0.4, -0.2) is 84.7 Å². The number of amides is 1. The number of benzene rings is 1. The fourth-order valence-electron chi connectivity index (χ4n) is 5.77. The zero-order valence-corrected chi connectivity index (χ0v) is 26.3. The van der Waals surface area contributed by atoms with Gasteiger partial charge in [-0.25, -0.2) is 32.8 Å². The van der Waals surface area contributed by atoms with Gasteiger partial charge in [0.05, 0.1) is 42.3 Å². The molecule has 0 radical (unpaired) electrons. The highest BCUT2D eigenvalue weighted by atomic mass is 32.2. The van der Waals surface area contributed by atoms with Crippen LogP contribution in [0.2, 0.25) is 0 Å². The monoisotopic (exact) mass is 629 g/mol. The Bertz CT molecular complexity index is 1870. The van der Waals surface area contributed by atoms with Gasteiger partial charge in [-0.15, -0.1) is 0 Å². The molecule has 45 heavy (non-hydrogen) atoms. The number of sulfonamides is 1. The molecule has 13 nitrogen and oxygen atoms in total. The van der Waals surface area contributed by atoms with Crippen LogP contribution >= 0.6 is 0 Å². The molecule has 0 bridgehead atoms. The van der Waals surface area contributed by atoms with E-state index in [4.69, 9.17) is 9.84 Å². The second kappa shape index (κ2) is 12.4. The van der Waals surface area contributed by atoms with Gasteiger partial charge in [0.15, 0.2) is 5.65 Å². The molecular weight excluding hydrogens is 594 g/mol. The summed E-state index contributed by atoms with van der Waals surface area (Å²) in [6, 6.07) is 11.9. The summed E-state index contributed by atoms with van der Waals surface area (Å²) in [6.07, 6.45) is 5.84. The van der Waals surface area contributed by atoms with E-state index in [1.165, 1.54) is 0 Å². The van der Waals surface area contributed by atoms with Crippen molar-refractivity contribution in [2.24, 2.45) is 5.92 Å². The number of nitrogens with zero attached hydrogens (tertiary/aromatic N) is 8. The van der Waals surface area contributed by atoms with Crippen molar-refractivity contribution in [3.63, 3.8) is 0 Å². The molecular formula is C31H35N9O4S. The van der Waals surface area contributed by atoms with Crippen molar-refractivity contribution >= 4 is 38.6 Å². The standard InChI is InChI=1S/C31H35N9O4S/c1-20(2)28-27-25(22-18-33-31(34-19-22)39-9-7-21(17-32)8-10-39)16-26(30(41)37-45(3,42)43)35-29(27)40(36-28)24-6-4-5-23(15-24)38-11-13-44-14-12-38/h4-6,15-16,18-21H,7-14H2,1-3H3,(H,37,41). The first-order valence-electron chi connectivity index (χ1n) is 15.0. The SMILES string of the molecule is CC(C)c1nn(-c2cccc(N3CCOCC3)c2)c2nc(C(=O)NS(C)(=O)=O)cc(-c3cnc(N4CCC(C#N)CC4)nc3)c12. The second-order valence-corrected chi connectivity index (χ2v) is 13.4. The predicted octanol–water partition coefficient (Wildman–Crippen LogP) is 3.27. The summed E-state index contributed by atoms with van der Waals surface area (Å²) in [4.78, 5) is 31.5. The molecule has 2 saturated heterocycles. The van der Waals surface area contributed by atoms with Crippen molar-refractivity contribution in [2.75, 3.05) is 55.4 Å². The van der Waals surface area contributed by atoms with Crippen molar-refractivity contribution in [2.45, 2.75) is 32.6 Å². The molecule has 2 fully saturated rings. The Labute approximate surface area is 261 Å². The molecule has 3 aromatic heterocycles. The lowest BCUT2D eigenvalue weighted by atomic mass is 9.98. The number of anilines is 2. The van der Waals surface area contributed by atoms with Crippen LogP contribution in [0.25, 0.3) is 27.8 Å². The van der Waals surface area contributed by atoms with E-state index in [0.29, 0.717) is 49.0 Å². The lowest BCUT2D eigenvalue weighted by Gasteiger charge is -2.29. The molecule has 2 aliphatic heterocycles. The Kier molecular flexibility index (Phi) is 8.39. The van der Waals surface area contributed by atoms with E-state index >= 15 is 0 Å². The Hall–Kier alpha value is -4.61. The van der Waals surface area contributed by atoms with Gasteiger partial charge in [-0.1, -0.05) is 19.9 Å². The summed E-state index contributed by atoms with van der Waals surface area (Å²) >= 11 is 0. The average Bonchev–Trinajstić information content (AvgIpc) is 3.44. The van der Waals surface area contributed by atoms with Gasteiger partial charge in [-0.05, 0) is 43.0 Å². The number of hydrogen-bond donors (Lipinski definition) is 1. The first kappa shape index (κ1) is 30.4. The van der Waals surface area contributed by atoms with E-state index in [0.717, 1.165) is 54.6 Å². The summed E-state index contributed by atoms with van der Waals surface area (Å²) in [5, 5.41) is 15.0. The summed E-state index contributed by atoms with van der Waals surface area (Å²) in [5.74, 6) is -0.244.